The van der Waals surface area contributed by atoms with Crippen LogP contribution in [-0.4, -0.2) is 71.1 Å². The Morgan fingerprint density at radius 3 is 2.63 bits per heavy atom. The topological polar surface area (TPSA) is 101 Å². The van der Waals surface area contributed by atoms with Gasteiger partial charge in [0, 0.05) is 32.8 Å². The molecule has 0 spiro atoms. The molecule has 0 unspecified atom stereocenters. The Balaban J connectivity index is 1.42. The number of likely N-dealkylation sites (tertiary alicyclic amines) is 1. The molecule has 2 aromatic heterocycles. The maximum absolute atomic E-state index is 5.22. The molecule has 2 aromatic rings. The Morgan fingerprint density at radius 2 is 1.85 bits per heavy atom. The van der Waals surface area contributed by atoms with E-state index in [9.17, 15) is 0 Å². The second kappa shape index (κ2) is 8.79. The van der Waals surface area contributed by atoms with Crippen molar-refractivity contribution >= 4 is 22.9 Å². The van der Waals surface area contributed by atoms with E-state index in [1.54, 1.807) is 7.11 Å². The Bertz CT molecular complexity index is 732. The smallest absolute Gasteiger partial charge is 0.245 e. The molecule has 4 rings (SSSR count). The van der Waals surface area contributed by atoms with Crippen LogP contribution in [-0.2, 0) is 4.74 Å². The Morgan fingerprint density at radius 1 is 1.07 bits per heavy atom. The number of fused-ring (bicyclic) bond motifs is 1. The summed E-state index contributed by atoms with van der Waals surface area (Å²) in [6.07, 6.45) is 7.33. The van der Waals surface area contributed by atoms with Gasteiger partial charge in [-0.1, -0.05) is 12.8 Å². The second-order valence-electron chi connectivity index (χ2n) is 7.64. The van der Waals surface area contributed by atoms with Crippen LogP contribution in [0.4, 0.5) is 11.6 Å². The highest BCUT2D eigenvalue weighted by Crippen LogP contribution is 2.26. The number of piperidine rings is 1. The first-order valence-corrected chi connectivity index (χ1v) is 10.0. The Kier molecular flexibility index (Phi) is 5.98. The van der Waals surface area contributed by atoms with E-state index >= 15 is 0 Å². The lowest BCUT2D eigenvalue weighted by atomic mass is 9.98. The highest BCUT2D eigenvalue weighted by Gasteiger charge is 2.22. The van der Waals surface area contributed by atoms with Gasteiger partial charge in [0.25, 0.3) is 0 Å². The van der Waals surface area contributed by atoms with Crippen molar-refractivity contribution in [1.29, 1.82) is 0 Å². The van der Waals surface area contributed by atoms with Crippen LogP contribution in [0.1, 0.15) is 38.5 Å². The third kappa shape index (κ3) is 4.65. The van der Waals surface area contributed by atoms with Crippen LogP contribution in [0, 0.1) is 5.92 Å². The molecule has 2 aliphatic rings. The highest BCUT2D eigenvalue weighted by molar-refractivity contribution is 5.73. The Labute approximate surface area is 159 Å². The SMILES string of the molecule is COCCN1CCC[C@@H](CNc2nc3nonc3nc2NC2CCCC2)C1. The van der Waals surface area contributed by atoms with Gasteiger partial charge in [-0.3, -0.25) is 0 Å². The van der Waals surface area contributed by atoms with Crippen molar-refractivity contribution in [2.45, 2.75) is 44.6 Å². The third-order valence-corrected chi connectivity index (χ3v) is 5.58. The maximum atomic E-state index is 5.22. The van der Waals surface area contributed by atoms with Crippen LogP contribution < -0.4 is 10.6 Å². The summed E-state index contributed by atoms with van der Waals surface area (Å²) in [6, 6.07) is 0.455. The third-order valence-electron chi connectivity index (χ3n) is 5.58. The van der Waals surface area contributed by atoms with Crippen molar-refractivity contribution in [3.05, 3.63) is 0 Å². The van der Waals surface area contributed by atoms with Gasteiger partial charge in [0.05, 0.1) is 6.61 Å². The van der Waals surface area contributed by atoms with E-state index in [2.05, 4.69) is 35.8 Å². The summed E-state index contributed by atoms with van der Waals surface area (Å²) in [4.78, 5) is 11.7. The van der Waals surface area contributed by atoms with Crippen LogP contribution >= 0.6 is 0 Å². The van der Waals surface area contributed by atoms with Gasteiger partial charge in [0.15, 0.2) is 11.6 Å². The fourth-order valence-corrected chi connectivity index (χ4v) is 4.11. The molecule has 1 aliphatic carbocycles. The molecule has 1 saturated carbocycles. The fourth-order valence-electron chi connectivity index (χ4n) is 4.11. The van der Waals surface area contributed by atoms with Gasteiger partial charge in [0.2, 0.25) is 11.3 Å². The molecule has 0 radical (unpaired) electrons. The van der Waals surface area contributed by atoms with Gasteiger partial charge in [-0.15, -0.1) is 0 Å². The van der Waals surface area contributed by atoms with Crippen LogP contribution in [0.15, 0.2) is 4.63 Å². The first-order chi connectivity index (χ1) is 13.3. The van der Waals surface area contributed by atoms with Crippen molar-refractivity contribution in [2.24, 2.45) is 5.92 Å². The van der Waals surface area contributed by atoms with Gasteiger partial charge >= 0.3 is 0 Å². The van der Waals surface area contributed by atoms with E-state index in [-0.39, 0.29) is 0 Å². The number of rotatable bonds is 8. The van der Waals surface area contributed by atoms with Gasteiger partial charge in [0.1, 0.15) is 0 Å². The van der Waals surface area contributed by atoms with Gasteiger partial charge in [-0.05, 0) is 48.5 Å². The molecule has 1 atom stereocenters. The first kappa shape index (κ1) is 18.4. The first-order valence-electron chi connectivity index (χ1n) is 10.0. The van der Waals surface area contributed by atoms with E-state index in [1.165, 1.54) is 38.5 Å². The monoisotopic (exact) mass is 375 g/mol. The summed E-state index contributed by atoms with van der Waals surface area (Å²) in [5, 5.41) is 14.7. The van der Waals surface area contributed by atoms with E-state index in [4.69, 9.17) is 9.37 Å². The molecule has 3 heterocycles. The second-order valence-corrected chi connectivity index (χ2v) is 7.64. The van der Waals surface area contributed by atoms with Crippen molar-refractivity contribution in [1.82, 2.24) is 25.2 Å². The molecule has 27 heavy (non-hydrogen) atoms. The predicted molar refractivity (Wildman–Crippen MR) is 103 cm³/mol. The minimum atomic E-state index is 0.444. The summed E-state index contributed by atoms with van der Waals surface area (Å²) in [6.45, 7) is 4.90. The number of ether oxygens (including phenoxy) is 1. The summed E-state index contributed by atoms with van der Waals surface area (Å²) in [7, 11) is 1.76. The zero-order valence-corrected chi connectivity index (χ0v) is 16.0. The summed E-state index contributed by atoms with van der Waals surface area (Å²) < 4.78 is 10.0. The molecule has 2 N–H and O–H groups in total. The van der Waals surface area contributed by atoms with E-state index in [0.29, 0.717) is 23.3 Å². The number of nitrogens with one attached hydrogen (secondary N) is 2. The van der Waals surface area contributed by atoms with Crippen LogP contribution in [0.25, 0.3) is 11.3 Å². The van der Waals surface area contributed by atoms with Crippen molar-refractivity contribution in [2.75, 3.05) is 50.5 Å². The van der Waals surface area contributed by atoms with Crippen LogP contribution in [0.3, 0.4) is 0 Å². The van der Waals surface area contributed by atoms with Gasteiger partial charge in [-0.2, -0.15) is 0 Å². The molecule has 0 amide bonds. The lowest BCUT2D eigenvalue weighted by molar-refractivity contribution is 0.117. The minimum Gasteiger partial charge on any atom is -0.383 e. The zero-order chi connectivity index (χ0) is 18.5. The number of aromatic nitrogens is 4. The summed E-state index contributed by atoms with van der Waals surface area (Å²) in [5.74, 6) is 2.10. The van der Waals surface area contributed by atoms with Crippen LogP contribution in [0.5, 0.6) is 0 Å². The average molecular weight is 375 g/mol. The zero-order valence-electron chi connectivity index (χ0n) is 16.0. The predicted octanol–water partition coefficient (Wildman–Crippen LogP) is 2.14. The van der Waals surface area contributed by atoms with Crippen molar-refractivity contribution < 1.29 is 9.37 Å². The number of anilines is 2. The van der Waals surface area contributed by atoms with Gasteiger partial charge in [-0.25, -0.2) is 14.6 Å². The minimum absolute atomic E-state index is 0.444. The molecular weight excluding hydrogens is 346 g/mol. The molecule has 1 saturated heterocycles. The molecular formula is C18H29N7O2. The van der Waals surface area contributed by atoms with Crippen molar-refractivity contribution in [3.63, 3.8) is 0 Å². The number of hydrogen-bond donors (Lipinski definition) is 2. The lowest BCUT2D eigenvalue weighted by Gasteiger charge is -2.32. The van der Waals surface area contributed by atoms with E-state index in [1.807, 2.05) is 0 Å². The molecule has 9 nitrogen and oxygen atoms in total. The number of methoxy groups -OCH3 is 1. The molecule has 0 bridgehead atoms. The maximum Gasteiger partial charge on any atom is 0.245 e. The standard InChI is InChI=1S/C18H29N7O2/c1-26-10-9-25-8-4-5-13(12-25)11-19-15-16(20-14-6-2-3-7-14)22-18-17(21-15)23-27-24-18/h13-14H,2-12H2,1H3,(H,19,21,23)(H,20,22,24)/t13-/m0/s1. The molecule has 2 fully saturated rings. The van der Waals surface area contributed by atoms with E-state index < -0.39 is 0 Å². The van der Waals surface area contributed by atoms with Crippen molar-refractivity contribution in [3.8, 4) is 0 Å². The number of nitrogens with zero attached hydrogens (tertiary/aromatic N) is 5. The summed E-state index contributed by atoms with van der Waals surface area (Å²) >= 11 is 0. The summed E-state index contributed by atoms with van der Waals surface area (Å²) in [5.41, 5.74) is 0.893. The lowest BCUT2D eigenvalue weighted by Crippen LogP contribution is -2.39. The van der Waals surface area contributed by atoms with Gasteiger partial charge < -0.3 is 20.3 Å². The number of hydrogen-bond acceptors (Lipinski definition) is 9. The molecule has 9 heteroatoms. The van der Waals surface area contributed by atoms with E-state index in [0.717, 1.165) is 44.4 Å². The van der Waals surface area contributed by atoms with Crippen LogP contribution in [0.2, 0.25) is 0 Å². The molecule has 1 aliphatic heterocycles. The molecule has 148 valence electrons. The Hall–Kier alpha value is -2.00. The highest BCUT2D eigenvalue weighted by atomic mass is 16.6. The average Bonchev–Trinajstić information content (AvgIpc) is 3.36. The fraction of sp³-hybridized carbons (Fsp3) is 0.778. The quantitative estimate of drug-likeness (QED) is 0.718. The normalized spacial score (nSPS) is 21.7. The molecule has 0 aromatic carbocycles. The largest absolute Gasteiger partial charge is 0.383 e.